The molecule has 2 fully saturated rings. The fourth-order valence-electron chi connectivity index (χ4n) is 3.43. The van der Waals surface area contributed by atoms with E-state index < -0.39 is 0 Å². The lowest BCUT2D eigenvalue weighted by molar-refractivity contribution is 0.157. The number of rotatable bonds is 3. The lowest BCUT2D eigenvalue weighted by atomic mass is 9.88. The monoisotopic (exact) mass is 323 g/mol. The van der Waals surface area contributed by atoms with E-state index in [9.17, 15) is 0 Å². The molecule has 3 rings (SSSR count). The molecular formula is C15H22BrN3. The van der Waals surface area contributed by atoms with Crippen molar-refractivity contribution in [1.82, 2.24) is 15.2 Å². The highest BCUT2D eigenvalue weighted by molar-refractivity contribution is 9.10. The van der Waals surface area contributed by atoms with E-state index in [2.05, 4.69) is 37.2 Å². The zero-order valence-corrected chi connectivity index (χ0v) is 12.9. The second-order valence-electron chi connectivity index (χ2n) is 5.83. The Hall–Kier alpha value is -0.450. The summed E-state index contributed by atoms with van der Waals surface area (Å²) in [4.78, 5) is 6.81. The minimum Gasteiger partial charge on any atom is -0.314 e. The lowest BCUT2D eigenvalue weighted by Crippen LogP contribution is -2.40. The smallest absolute Gasteiger partial charge is 0.0410 e. The summed E-state index contributed by atoms with van der Waals surface area (Å²) in [5.74, 6) is 0.902. The molecule has 0 aliphatic carbocycles. The van der Waals surface area contributed by atoms with Crippen LogP contribution in [0.15, 0.2) is 22.9 Å². The van der Waals surface area contributed by atoms with Gasteiger partial charge in [-0.15, -0.1) is 0 Å². The van der Waals surface area contributed by atoms with Crippen LogP contribution in [0, 0.1) is 5.92 Å². The van der Waals surface area contributed by atoms with E-state index >= 15 is 0 Å². The van der Waals surface area contributed by atoms with Crippen molar-refractivity contribution in [2.24, 2.45) is 5.92 Å². The number of nitrogens with zero attached hydrogens (tertiary/aromatic N) is 2. The molecule has 1 unspecified atom stereocenters. The van der Waals surface area contributed by atoms with E-state index in [1.807, 2.05) is 12.4 Å². The topological polar surface area (TPSA) is 28.2 Å². The normalized spacial score (nSPS) is 25.8. The van der Waals surface area contributed by atoms with Crippen LogP contribution < -0.4 is 5.32 Å². The van der Waals surface area contributed by atoms with Crippen LogP contribution in [-0.4, -0.2) is 35.6 Å². The van der Waals surface area contributed by atoms with Gasteiger partial charge in [0.05, 0.1) is 0 Å². The van der Waals surface area contributed by atoms with Gasteiger partial charge in [0, 0.05) is 29.5 Å². The first-order valence-corrected chi connectivity index (χ1v) is 8.16. The maximum absolute atomic E-state index is 4.24. The number of hydrogen-bond acceptors (Lipinski definition) is 3. The second kappa shape index (κ2) is 6.33. The van der Waals surface area contributed by atoms with Gasteiger partial charge in [0.25, 0.3) is 0 Å². The SMILES string of the molecule is Brc1cncc(CN2CCC(C3CCCN3)CC2)c1. The second-order valence-corrected chi connectivity index (χ2v) is 6.74. The minimum absolute atomic E-state index is 0.801. The third-order valence-electron chi connectivity index (χ3n) is 4.47. The molecule has 0 spiro atoms. The Morgan fingerprint density at radius 1 is 1.26 bits per heavy atom. The van der Waals surface area contributed by atoms with Gasteiger partial charge < -0.3 is 5.32 Å². The quantitative estimate of drug-likeness (QED) is 0.927. The van der Waals surface area contributed by atoms with Crippen LogP contribution >= 0.6 is 15.9 Å². The Morgan fingerprint density at radius 2 is 2.11 bits per heavy atom. The van der Waals surface area contributed by atoms with Gasteiger partial charge in [0.2, 0.25) is 0 Å². The number of halogens is 1. The Balaban J connectivity index is 1.50. The molecule has 1 aromatic heterocycles. The highest BCUT2D eigenvalue weighted by atomic mass is 79.9. The summed E-state index contributed by atoms with van der Waals surface area (Å²) < 4.78 is 1.08. The third kappa shape index (κ3) is 3.56. The van der Waals surface area contributed by atoms with E-state index in [4.69, 9.17) is 0 Å². The summed E-state index contributed by atoms with van der Waals surface area (Å²) >= 11 is 3.49. The van der Waals surface area contributed by atoms with Crippen molar-refractivity contribution in [2.75, 3.05) is 19.6 Å². The van der Waals surface area contributed by atoms with E-state index in [-0.39, 0.29) is 0 Å². The molecular weight excluding hydrogens is 302 g/mol. The van der Waals surface area contributed by atoms with Gasteiger partial charge in [0.15, 0.2) is 0 Å². The molecule has 104 valence electrons. The molecule has 1 atom stereocenters. The van der Waals surface area contributed by atoms with E-state index in [1.54, 1.807) is 0 Å². The maximum Gasteiger partial charge on any atom is 0.0410 e. The molecule has 2 aliphatic heterocycles. The van der Waals surface area contributed by atoms with Gasteiger partial charge >= 0.3 is 0 Å². The van der Waals surface area contributed by atoms with Crippen molar-refractivity contribution in [3.63, 3.8) is 0 Å². The van der Waals surface area contributed by atoms with Crippen LogP contribution in [0.25, 0.3) is 0 Å². The summed E-state index contributed by atoms with van der Waals surface area (Å²) in [7, 11) is 0. The van der Waals surface area contributed by atoms with Gasteiger partial charge in [-0.05, 0) is 78.8 Å². The maximum atomic E-state index is 4.24. The van der Waals surface area contributed by atoms with Crippen LogP contribution in [-0.2, 0) is 6.54 Å². The summed E-state index contributed by atoms with van der Waals surface area (Å²) in [5, 5.41) is 3.66. The first-order valence-electron chi connectivity index (χ1n) is 7.36. The fourth-order valence-corrected chi connectivity index (χ4v) is 3.84. The third-order valence-corrected chi connectivity index (χ3v) is 4.90. The van der Waals surface area contributed by atoms with Crippen LogP contribution in [0.3, 0.4) is 0 Å². The lowest BCUT2D eigenvalue weighted by Gasteiger charge is -2.34. The Morgan fingerprint density at radius 3 is 2.79 bits per heavy atom. The fraction of sp³-hybridized carbons (Fsp3) is 0.667. The molecule has 0 bridgehead atoms. The molecule has 1 aromatic rings. The zero-order valence-electron chi connectivity index (χ0n) is 11.3. The van der Waals surface area contributed by atoms with Gasteiger partial charge in [0.1, 0.15) is 0 Å². The summed E-state index contributed by atoms with van der Waals surface area (Å²) in [5.41, 5.74) is 1.31. The number of pyridine rings is 1. The first kappa shape index (κ1) is 13.5. The Kier molecular flexibility index (Phi) is 4.51. The Labute approximate surface area is 123 Å². The van der Waals surface area contributed by atoms with Crippen molar-refractivity contribution in [2.45, 2.75) is 38.3 Å². The highest BCUT2D eigenvalue weighted by Crippen LogP contribution is 2.26. The number of aromatic nitrogens is 1. The number of likely N-dealkylation sites (tertiary alicyclic amines) is 1. The number of hydrogen-bond donors (Lipinski definition) is 1. The average Bonchev–Trinajstić information content (AvgIpc) is 2.94. The van der Waals surface area contributed by atoms with Gasteiger partial charge in [-0.25, -0.2) is 0 Å². The average molecular weight is 324 g/mol. The molecule has 19 heavy (non-hydrogen) atoms. The molecule has 1 N–H and O–H groups in total. The molecule has 4 heteroatoms. The molecule has 3 nitrogen and oxygen atoms in total. The molecule has 0 amide bonds. The molecule has 0 radical (unpaired) electrons. The van der Waals surface area contributed by atoms with E-state index in [0.29, 0.717) is 0 Å². The standard InChI is InChI=1S/C15H22BrN3/c16-14-8-12(9-17-10-14)11-19-6-3-13(4-7-19)15-2-1-5-18-15/h8-10,13,15,18H,1-7,11H2. The van der Waals surface area contributed by atoms with Crippen LogP contribution in [0.1, 0.15) is 31.2 Å². The van der Waals surface area contributed by atoms with Crippen LogP contribution in [0.5, 0.6) is 0 Å². The summed E-state index contributed by atoms with van der Waals surface area (Å²) in [6.07, 6.45) is 9.28. The van der Waals surface area contributed by atoms with Crippen molar-refractivity contribution in [1.29, 1.82) is 0 Å². The first-order chi connectivity index (χ1) is 9.31. The molecule has 0 aromatic carbocycles. The number of piperidine rings is 1. The summed E-state index contributed by atoms with van der Waals surface area (Å²) in [6.45, 7) is 4.73. The largest absolute Gasteiger partial charge is 0.314 e. The van der Waals surface area contributed by atoms with Gasteiger partial charge in [-0.2, -0.15) is 0 Å². The summed E-state index contributed by atoms with van der Waals surface area (Å²) in [6, 6.07) is 2.98. The van der Waals surface area contributed by atoms with Crippen molar-refractivity contribution in [3.05, 3.63) is 28.5 Å². The molecule has 3 heterocycles. The number of nitrogens with one attached hydrogen (secondary N) is 1. The predicted octanol–water partition coefficient (Wildman–Crippen LogP) is 2.81. The van der Waals surface area contributed by atoms with E-state index in [0.717, 1.165) is 23.0 Å². The molecule has 2 saturated heterocycles. The van der Waals surface area contributed by atoms with Crippen molar-refractivity contribution >= 4 is 15.9 Å². The van der Waals surface area contributed by atoms with Gasteiger partial charge in [-0.1, -0.05) is 0 Å². The zero-order chi connectivity index (χ0) is 13.1. The molecule has 2 aliphatic rings. The van der Waals surface area contributed by atoms with Gasteiger partial charge in [-0.3, -0.25) is 9.88 Å². The highest BCUT2D eigenvalue weighted by Gasteiger charge is 2.28. The van der Waals surface area contributed by atoms with Crippen molar-refractivity contribution in [3.8, 4) is 0 Å². The minimum atomic E-state index is 0.801. The van der Waals surface area contributed by atoms with Crippen LogP contribution in [0.4, 0.5) is 0 Å². The Bertz CT molecular complexity index is 410. The molecule has 0 saturated carbocycles. The predicted molar refractivity (Wildman–Crippen MR) is 81.0 cm³/mol. The van der Waals surface area contributed by atoms with E-state index in [1.165, 1.54) is 50.9 Å². The van der Waals surface area contributed by atoms with Crippen LogP contribution in [0.2, 0.25) is 0 Å². The van der Waals surface area contributed by atoms with Crippen molar-refractivity contribution < 1.29 is 0 Å².